The molecule has 110 valence electrons. The second-order valence-electron chi connectivity index (χ2n) is 5.48. The Morgan fingerprint density at radius 2 is 2.00 bits per heavy atom. The maximum absolute atomic E-state index is 8.68. The second kappa shape index (κ2) is 7.36. The number of ether oxygens (including phenoxy) is 3. The molecular weight excluding hydrogens is 359 g/mol. The zero-order chi connectivity index (χ0) is 13.8. The fourth-order valence-electron chi connectivity index (χ4n) is 2.51. The van der Waals surface area contributed by atoms with Crippen LogP contribution in [0.15, 0.2) is 12.2 Å². The van der Waals surface area contributed by atoms with E-state index in [4.69, 9.17) is 19.3 Å². The molecular formula is C14H23IO4. The minimum Gasteiger partial charge on any atom is -0.396 e. The van der Waals surface area contributed by atoms with E-state index in [2.05, 4.69) is 29.5 Å². The highest BCUT2D eigenvalue weighted by molar-refractivity contribution is 14.1. The smallest absolute Gasteiger partial charge is 0.0979 e. The molecule has 6 atom stereocenters. The third-order valence-corrected chi connectivity index (χ3v) is 4.87. The third kappa shape index (κ3) is 3.91. The predicted octanol–water partition coefficient (Wildman–Crippen LogP) is 1.79. The largest absolute Gasteiger partial charge is 0.396 e. The Bertz CT molecular complexity index is 294. The quantitative estimate of drug-likeness (QED) is 0.450. The maximum atomic E-state index is 8.68. The molecule has 0 aromatic carbocycles. The van der Waals surface area contributed by atoms with E-state index >= 15 is 0 Å². The van der Waals surface area contributed by atoms with E-state index in [1.54, 1.807) is 0 Å². The molecule has 0 saturated carbocycles. The highest BCUT2D eigenvalue weighted by Gasteiger charge is 2.44. The van der Waals surface area contributed by atoms with Crippen LogP contribution in [-0.2, 0) is 14.2 Å². The lowest BCUT2D eigenvalue weighted by Crippen LogP contribution is -2.24. The molecule has 4 nitrogen and oxygen atoms in total. The molecule has 1 N–H and O–H groups in total. The Morgan fingerprint density at radius 1 is 1.26 bits per heavy atom. The lowest BCUT2D eigenvalue weighted by atomic mass is 10.1. The van der Waals surface area contributed by atoms with Gasteiger partial charge in [0.2, 0.25) is 0 Å². The van der Waals surface area contributed by atoms with Crippen LogP contribution in [0.4, 0.5) is 0 Å². The standard InChI is InChI=1S/C7H11IO2.C7H12O2/c1-4-2-9-7-5(8)3-10-6(4)7;1-6(5-8)7-3-2-4-9-7/h4-7H,2-3H2,1H3;2-3,6-8H,4-5H2,1H3/t4-,5?,6-,7-;6-,7+/m11/s1. The van der Waals surface area contributed by atoms with Crippen molar-refractivity contribution in [1.82, 2.24) is 0 Å². The van der Waals surface area contributed by atoms with Gasteiger partial charge in [0.05, 0.1) is 42.1 Å². The van der Waals surface area contributed by atoms with Gasteiger partial charge in [-0.25, -0.2) is 0 Å². The van der Waals surface area contributed by atoms with Crippen LogP contribution in [0.5, 0.6) is 0 Å². The summed E-state index contributed by atoms with van der Waals surface area (Å²) in [5, 5.41) is 8.68. The number of fused-ring (bicyclic) bond motifs is 1. The van der Waals surface area contributed by atoms with Crippen molar-refractivity contribution in [1.29, 1.82) is 0 Å². The molecule has 0 bridgehead atoms. The molecule has 2 fully saturated rings. The molecule has 0 aliphatic carbocycles. The molecule has 0 spiro atoms. The van der Waals surface area contributed by atoms with E-state index in [1.165, 1.54) is 0 Å². The van der Waals surface area contributed by atoms with Gasteiger partial charge in [-0.2, -0.15) is 0 Å². The molecule has 0 radical (unpaired) electrons. The highest BCUT2D eigenvalue weighted by Crippen LogP contribution is 2.34. The van der Waals surface area contributed by atoms with E-state index in [0.29, 0.717) is 28.7 Å². The normalized spacial score (nSPS) is 41.8. The number of aliphatic hydroxyl groups is 1. The summed E-state index contributed by atoms with van der Waals surface area (Å²) in [6, 6.07) is 0. The Labute approximate surface area is 128 Å². The van der Waals surface area contributed by atoms with Crippen molar-refractivity contribution in [3.05, 3.63) is 12.2 Å². The molecule has 0 amide bonds. The van der Waals surface area contributed by atoms with Gasteiger partial charge in [0.25, 0.3) is 0 Å². The van der Waals surface area contributed by atoms with Crippen molar-refractivity contribution in [3.63, 3.8) is 0 Å². The number of aliphatic hydroxyl groups excluding tert-OH is 1. The lowest BCUT2D eigenvalue weighted by molar-refractivity contribution is 0.0604. The van der Waals surface area contributed by atoms with Gasteiger partial charge < -0.3 is 19.3 Å². The highest BCUT2D eigenvalue weighted by atomic mass is 127. The van der Waals surface area contributed by atoms with Crippen molar-refractivity contribution in [3.8, 4) is 0 Å². The molecule has 2 saturated heterocycles. The number of halogens is 1. The van der Waals surface area contributed by atoms with Gasteiger partial charge in [0.15, 0.2) is 0 Å². The summed E-state index contributed by atoms with van der Waals surface area (Å²) in [6.07, 6.45) is 4.91. The minimum atomic E-state index is 0.148. The van der Waals surface area contributed by atoms with E-state index in [9.17, 15) is 0 Å². The molecule has 1 unspecified atom stereocenters. The number of hydrogen-bond donors (Lipinski definition) is 1. The molecule has 3 aliphatic heterocycles. The fraction of sp³-hybridized carbons (Fsp3) is 0.857. The lowest BCUT2D eigenvalue weighted by Gasteiger charge is -2.13. The predicted molar refractivity (Wildman–Crippen MR) is 81.6 cm³/mol. The Morgan fingerprint density at radius 3 is 2.58 bits per heavy atom. The number of rotatable bonds is 2. The van der Waals surface area contributed by atoms with Gasteiger partial charge in [-0.05, 0) is 0 Å². The first kappa shape index (κ1) is 15.7. The van der Waals surface area contributed by atoms with E-state index in [1.807, 2.05) is 19.1 Å². The average Bonchev–Trinajstić information content (AvgIpc) is 3.11. The van der Waals surface area contributed by atoms with E-state index in [0.717, 1.165) is 13.2 Å². The first-order valence-corrected chi connectivity index (χ1v) is 8.14. The molecule has 0 aromatic heterocycles. The monoisotopic (exact) mass is 382 g/mol. The summed E-state index contributed by atoms with van der Waals surface area (Å²) in [5.74, 6) is 0.841. The van der Waals surface area contributed by atoms with Crippen molar-refractivity contribution in [2.45, 2.75) is 36.1 Å². The summed E-state index contributed by atoms with van der Waals surface area (Å²) in [6.45, 7) is 6.83. The van der Waals surface area contributed by atoms with Crippen LogP contribution < -0.4 is 0 Å². The summed E-state index contributed by atoms with van der Waals surface area (Å²) >= 11 is 2.41. The van der Waals surface area contributed by atoms with Crippen LogP contribution in [0, 0.1) is 11.8 Å². The molecule has 3 heterocycles. The topological polar surface area (TPSA) is 47.9 Å². The van der Waals surface area contributed by atoms with Gasteiger partial charge in [-0.3, -0.25) is 0 Å². The molecule has 5 heteroatoms. The van der Waals surface area contributed by atoms with Crippen molar-refractivity contribution in [2.24, 2.45) is 11.8 Å². The average molecular weight is 382 g/mol. The number of hydrogen-bond acceptors (Lipinski definition) is 4. The van der Waals surface area contributed by atoms with E-state index in [-0.39, 0.29) is 18.6 Å². The van der Waals surface area contributed by atoms with Crippen LogP contribution in [0.3, 0.4) is 0 Å². The summed E-state index contributed by atoms with van der Waals surface area (Å²) in [5.41, 5.74) is 0. The van der Waals surface area contributed by atoms with Crippen molar-refractivity contribution >= 4 is 22.6 Å². The second-order valence-corrected chi connectivity index (χ2v) is 7.08. The molecule has 0 aromatic rings. The van der Waals surface area contributed by atoms with Gasteiger partial charge in [0.1, 0.15) is 0 Å². The van der Waals surface area contributed by atoms with Gasteiger partial charge in [0, 0.05) is 18.4 Å². The summed E-state index contributed by atoms with van der Waals surface area (Å²) < 4.78 is 16.9. The molecule has 3 aliphatic rings. The van der Waals surface area contributed by atoms with Gasteiger partial charge in [-0.15, -0.1) is 0 Å². The van der Waals surface area contributed by atoms with Crippen LogP contribution in [0.2, 0.25) is 0 Å². The SMILES string of the molecule is C[C@@H]1CO[C@@H]2C(I)CO[C@H]12.C[C@H](CO)[C@@H]1C=CCO1. The fourth-order valence-corrected chi connectivity index (χ4v) is 3.34. The first-order chi connectivity index (χ1) is 9.13. The molecule has 3 rings (SSSR count). The minimum absolute atomic E-state index is 0.148. The van der Waals surface area contributed by atoms with Crippen molar-refractivity contribution in [2.75, 3.05) is 26.4 Å². The Balaban J connectivity index is 0.000000141. The zero-order valence-corrected chi connectivity index (χ0v) is 13.7. The van der Waals surface area contributed by atoms with Gasteiger partial charge >= 0.3 is 0 Å². The van der Waals surface area contributed by atoms with E-state index < -0.39 is 0 Å². The Kier molecular flexibility index (Phi) is 6.08. The van der Waals surface area contributed by atoms with Crippen LogP contribution in [-0.4, -0.2) is 53.8 Å². The molecule has 19 heavy (non-hydrogen) atoms. The summed E-state index contributed by atoms with van der Waals surface area (Å²) in [7, 11) is 0. The zero-order valence-electron chi connectivity index (χ0n) is 11.5. The van der Waals surface area contributed by atoms with Crippen LogP contribution >= 0.6 is 22.6 Å². The van der Waals surface area contributed by atoms with Crippen molar-refractivity contribution < 1.29 is 19.3 Å². The first-order valence-electron chi connectivity index (χ1n) is 6.90. The van der Waals surface area contributed by atoms with Gasteiger partial charge in [-0.1, -0.05) is 48.6 Å². The maximum Gasteiger partial charge on any atom is 0.0979 e. The number of alkyl halides is 1. The Hall–Kier alpha value is 0.310. The van der Waals surface area contributed by atoms with Crippen LogP contribution in [0.1, 0.15) is 13.8 Å². The third-order valence-electron chi connectivity index (χ3n) is 3.80. The summed E-state index contributed by atoms with van der Waals surface area (Å²) in [4.78, 5) is 0. The van der Waals surface area contributed by atoms with Crippen LogP contribution in [0.25, 0.3) is 0 Å².